The fourth-order valence-electron chi connectivity index (χ4n) is 2.56. The van der Waals surface area contributed by atoms with Gasteiger partial charge in [-0.05, 0) is 33.1 Å². The van der Waals surface area contributed by atoms with Gasteiger partial charge in [-0.25, -0.2) is 9.59 Å². The van der Waals surface area contributed by atoms with E-state index in [9.17, 15) is 9.59 Å². The molecule has 1 aliphatic carbocycles. The molecular formula is C15H27NO4. The quantitative estimate of drug-likeness (QED) is 0.806. The van der Waals surface area contributed by atoms with Crippen LogP contribution in [0.5, 0.6) is 0 Å². The van der Waals surface area contributed by atoms with Crippen molar-refractivity contribution >= 4 is 12.1 Å². The summed E-state index contributed by atoms with van der Waals surface area (Å²) >= 11 is 0. The van der Waals surface area contributed by atoms with E-state index < -0.39 is 23.7 Å². The summed E-state index contributed by atoms with van der Waals surface area (Å²) in [6.07, 6.45) is 5.96. The molecule has 1 amide bonds. The molecule has 0 radical (unpaired) electrons. The predicted octanol–water partition coefficient (Wildman–Crippen LogP) is 3.02. The summed E-state index contributed by atoms with van der Waals surface area (Å²) in [5.41, 5.74) is -0.574. The monoisotopic (exact) mass is 285 g/mol. The van der Waals surface area contributed by atoms with Gasteiger partial charge in [0, 0.05) is 0 Å². The van der Waals surface area contributed by atoms with E-state index in [4.69, 9.17) is 9.47 Å². The lowest BCUT2D eigenvalue weighted by atomic mass is 9.85. The topological polar surface area (TPSA) is 64.6 Å². The Morgan fingerprint density at radius 2 is 1.80 bits per heavy atom. The first-order valence-corrected chi connectivity index (χ1v) is 7.39. The molecule has 0 unspecified atom stereocenters. The van der Waals surface area contributed by atoms with Crippen LogP contribution in [0.25, 0.3) is 0 Å². The number of ether oxygens (including phenoxy) is 2. The van der Waals surface area contributed by atoms with Crippen LogP contribution in [0, 0.1) is 5.92 Å². The van der Waals surface area contributed by atoms with Gasteiger partial charge in [-0.2, -0.15) is 0 Å². The minimum atomic E-state index is -0.613. The number of carbonyl (C=O) groups excluding carboxylic acids is 2. The van der Waals surface area contributed by atoms with E-state index in [0.717, 1.165) is 12.8 Å². The Morgan fingerprint density at radius 3 is 2.30 bits per heavy atom. The summed E-state index contributed by atoms with van der Waals surface area (Å²) in [7, 11) is 1.34. The minimum Gasteiger partial charge on any atom is -0.467 e. The number of hydrogen-bond acceptors (Lipinski definition) is 4. The van der Waals surface area contributed by atoms with Gasteiger partial charge in [-0.1, -0.05) is 32.1 Å². The Labute approximate surface area is 121 Å². The second-order valence-corrected chi connectivity index (χ2v) is 6.46. The van der Waals surface area contributed by atoms with Crippen LogP contribution in [0.1, 0.15) is 59.3 Å². The van der Waals surface area contributed by atoms with Crippen molar-refractivity contribution in [1.29, 1.82) is 0 Å². The minimum absolute atomic E-state index is 0.401. The van der Waals surface area contributed by atoms with Crippen molar-refractivity contribution in [3.05, 3.63) is 0 Å². The van der Waals surface area contributed by atoms with Crippen LogP contribution in [0.15, 0.2) is 0 Å². The molecule has 5 heteroatoms. The molecule has 1 saturated carbocycles. The number of hydrogen-bond donors (Lipinski definition) is 1. The smallest absolute Gasteiger partial charge is 0.408 e. The summed E-state index contributed by atoms with van der Waals surface area (Å²) in [6, 6.07) is -0.613. The standard InChI is InChI=1S/C15H27NO4/c1-15(2,3)20-14(18)16-12(13(17)19-4)10-11-8-6-5-7-9-11/h11-12H,5-10H2,1-4H3,(H,16,18)/t12-/m1/s1. The molecule has 1 fully saturated rings. The van der Waals surface area contributed by atoms with E-state index in [2.05, 4.69) is 5.32 Å². The van der Waals surface area contributed by atoms with Crippen molar-refractivity contribution < 1.29 is 19.1 Å². The largest absolute Gasteiger partial charge is 0.467 e. The number of esters is 1. The number of carbonyl (C=O) groups is 2. The molecule has 1 rings (SSSR count). The molecular weight excluding hydrogens is 258 g/mol. The maximum Gasteiger partial charge on any atom is 0.408 e. The van der Waals surface area contributed by atoms with Crippen LogP contribution in [0.4, 0.5) is 4.79 Å². The zero-order valence-electron chi connectivity index (χ0n) is 13.0. The van der Waals surface area contributed by atoms with Gasteiger partial charge in [0.15, 0.2) is 0 Å². The van der Waals surface area contributed by atoms with Crippen molar-refractivity contribution in [2.45, 2.75) is 70.9 Å². The Hall–Kier alpha value is -1.26. The highest BCUT2D eigenvalue weighted by Gasteiger charge is 2.28. The first-order chi connectivity index (χ1) is 9.31. The van der Waals surface area contributed by atoms with Gasteiger partial charge in [0.2, 0.25) is 0 Å². The van der Waals surface area contributed by atoms with Gasteiger partial charge in [0.25, 0.3) is 0 Å². The zero-order chi connectivity index (χ0) is 15.2. The third-order valence-corrected chi connectivity index (χ3v) is 3.47. The number of methoxy groups -OCH3 is 1. The lowest BCUT2D eigenvalue weighted by Gasteiger charge is -2.27. The van der Waals surface area contributed by atoms with E-state index in [-0.39, 0.29) is 0 Å². The van der Waals surface area contributed by atoms with Crippen LogP contribution < -0.4 is 5.32 Å². The molecule has 0 bridgehead atoms. The highest BCUT2D eigenvalue weighted by atomic mass is 16.6. The van der Waals surface area contributed by atoms with E-state index in [1.807, 2.05) is 0 Å². The van der Waals surface area contributed by atoms with E-state index in [1.54, 1.807) is 20.8 Å². The summed E-state index contributed by atoms with van der Waals surface area (Å²) < 4.78 is 9.97. The summed E-state index contributed by atoms with van der Waals surface area (Å²) in [6.45, 7) is 5.38. The van der Waals surface area contributed by atoms with Gasteiger partial charge in [-0.15, -0.1) is 0 Å². The van der Waals surface area contributed by atoms with Crippen molar-refractivity contribution in [1.82, 2.24) is 5.32 Å². The number of rotatable bonds is 4. The lowest BCUT2D eigenvalue weighted by molar-refractivity contribution is -0.143. The number of amides is 1. The van der Waals surface area contributed by atoms with Gasteiger partial charge in [-0.3, -0.25) is 0 Å². The maximum atomic E-state index is 11.8. The normalized spacial score (nSPS) is 18.2. The molecule has 5 nitrogen and oxygen atoms in total. The molecule has 0 spiro atoms. The number of alkyl carbamates (subject to hydrolysis) is 1. The molecule has 116 valence electrons. The molecule has 0 aromatic heterocycles. The molecule has 1 aliphatic rings. The molecule has 0 saturated heterocycles. The Kier molecular flexibility index (Phi) is 6.30. The highest BCUT2D eigenvalue weighted by Crippen LogP contribution is 2.27. The van der Waals surface area contributed by atoms with Crippen LogP contribution in [-0.2, 0) is 14.3 Å². The van der Waals surface area contributed by atoms with Gasteiger partial charge >= 0.3 is 12.1 Å². The Morgan fingerprint density at radius 1 is 1.20 bits per heavy atom. The fourth-order valence-corrected chi connectivity index (χ4v) is 2.56. The average Bonchev–Trinajstić information content (AvgIpc) is 2.36. The van der Waals surface area contributed by atoms with Crippen LogP contribution >= 0.6 is 0 Å². The maximum absolute atomic E-state index is 11.8. The Bertz CT molecular complexity index is 329. The Balaban J connectivity index is 2.55. The molecule has 1 atom stereocenters. The molecule has 20 heavy (non-hydrogen) atoms. The zero-order valence-corrected chi connectivity index (χ0v) is 13.0. The van der Waals surface area contributed by atoms with Gasteiger partial charge < -0.3 is 14.8 Å². The van der Waals surface area contributed by atoms with Gasteiger partial charge in [0.05, 0.1) is 7.11 Å². The van der Waals surface area contributed by atoms with Crippen LogP contribution in [-0.4, -0.2) is 30.8 Å². The molecule has 0 aromatic carbocycles. The average molecular weight is 285 g/mol. The first-order valence-electron chi connectivity index (χ1n) is 7.39. The third-order valence-electron chi connectivity index (χ3n) is 3.47. The highest BCUT2D eigenvalue weighted by molar-refractivity contribution is 5.81. The molecule has 1 N–H and O–H groups in total. The molecule has 0 aromatic rings. The first kappa shape index (κ1) is 16.8. The van der Waals surface area contributed by atoms with Crippen LogP contribution in [0.2, 0.25) is 0 Å². The molecule has 0 aliphatic heterocycles. The second-order valence-electron chi connectivity index (χ2n) is 6.46. The third kappa shape index (κ3) is 6.26. The fraction of sp³-hybridized carbons (Fsp3) is 0.867. The lowest BCUT2D eigenvalue weighted by Crippen LogP contribution is -2.45. The summed E-state index contributed by atoms with van der Waals surface area (Å²) in [5.74, 6) is 0.0734. The van der Waals surface area contributed by atoms with Crippen molar-refractivity contribution in [2.75, 3.05) is 7.11 Å². The van der Waals surface area contributed by atoms with Crippen molar-refractivity contribution in [2.24, 2.45) is 5.92 Å². The number of nitrogens with one attached hydrogen (secondary N) is 1. The predicted molar refractivity (Wildman–Crippen MR) is 76.4 cm³/mol. The van der Waals surface area contributed by atoms with Crippen molar-refractivity contribution in [3.63, 3.8) is 0 Å². The summed E-state index contributed by atoms with van der Waals surface area (Å²) in [4.78, 5) is 23.6. The molecule has 0 heterocycles. The van der Waals surface area contributed by atoms with Gasteiger partial charge in [0.1, 0.15) is 11.6 Å². The van der Waals surface area contributed by atoms with E-state index in [0.29, 0.717) is 12.3 Å². The van der Waals surface area contributed by atoms with Crippen LogP contribution in [0.3, 0.4) is 0 Å². The SMILES string of the molecule is COC(=O)[C@@H](CC1CCCCC1)NC(=O)OC(C)(C)C. The van der Waals surface area contributed by atoms with E-state index >= 15 is 0 Å². The second kappa shape index (κ2) is 7.50. The summed E-state index contributed by atoms with van der Waals surface area (Å²) in [5, 5.41) is 2.64. The van der Waals surface area contributed by atoms with E-state index in [1.165, 1.54) is 26.4 Å². The van der Waals surface area contributed by atoms with Crippen molar-refractivity contribution in [3.8, 4) is 0 Å².